The first kappa shape index (κ1) is 32.0. The number of nitrogens with zero attached hydrogens (tertiary/aromatic N) is 2. The molecule has 1 amide bonds. The highest BCUT2D eigenvalue weighted by atomic mass is 35.5. The number of rotatable bonds is 9. The lowest BCUT2D eigenvalue weighted by molar-refractivity contribution is -0.117. The molecule has 1 aliphatic carbocycles. The van der Waals surface area contributed by atoms with Crippen molar-refractivity contribution in [3.63, 3.8) is 0 Å². The van der Waals surface area contributed by atoms with Crippen LogP contribution in [-0.4, -0.2) is 28.1 Å². The predicted molar refractivity (Wildman–Crippen MR) is 193 cm³/mol. The van der Waals surface area contributed by atoms with Gasteiger partial charge in [-0.15, -0.1) is 0 Å². The van der Waals surface area contributed by atoms with Crippen LogP contribution in [0, 0.1) is 0 Å². The molecule has 1 saturated heterocycles. The van der Waals surface area contributed by atoms with E-state index >= 15 is 0 Å². The summed E-state index contributed by atoms with van der Waals surface area (Å²) in [5, 5.41) is 11.6. The summed E-state index contributed by atoms with van der Waals surface area (Å²) in [5.41, 5.74) is 8.86. The molecule has 2 fully saturated rings. The molecule has 6 nitrogen and oxygen atoms in total. The number of fused-ring (bicyclic) bond motifs is 1. The molecule has 0 spiro atoms. The molecule has 2 heterocycles. The average molecular weight is 661 g/mol. The molecule has 4 aromatic carbocycles. The van der Waals surface area contributed by atoms with Gasteiger partial charge in [-0.25, -0.2) is 4.79 Å². The van der Waals surface area contributed by atoms with E-state index in [0.717, 1.165) is 70.4 Å². The summed E-state index contributed by atoms with van der Waals surface area (Å²) in [6.07, 6.45) is 7.42. The minimum atomic E-state index is -0.910. The van der Waals surface area contributed by atoms with Gasteiger partial charge in [-0.2, -0.15) is 0 Å². The molecule has 5 aromatic rings. The predicted octanol–water partition coefficient (Wildman–Crippen LogP) is 10.7. The van der Waals surface area contributed by atoms with Crippen LogP contribution < -0.4 is 9.64 Å². The molecule has 2 aliphatic rings. The molecule has 7 heteroatoms. The quantitative estimate of drug-likeness (QED) is 0.171. The number of ether oxygens (including phenoxy) is 1. The highest BCUT2D eigenvalue weighted by Gasteiger charge is 2.28. The van der Waals surface area contributed by atoms with E-state index in [2.05, 4.69) is 42.7 Å². The van der Waals surface area contributed by atoms with E-state index in [0.29, 0.717) is 29.5 Å². The summed E-state index contributed by atoms with van der Waals surface area (Å²) in [6, 6.07) is 28.0. The molecule has 1 aromatic heterocycles. The maximum absolute atomic E-state index is 12.6. The Morgan fingerprint density at radius 2 is 1.62 bits per heavy atom. The smallest absolute Gasteiger partial charge is 0.335 e. The molecule has 0 bridgehead atoms. The van der Waals surface area contributed by atoms with Gasteiger partial charge in [-0.3, -0.25) is 4.79 Å². The standard InChI is InChI=1S/C41H41ClN2O4/c1-26(2)44-37-24-30(41(46)47)14-20-36(37)39(28-7-4-3-5-8-28)40(44)29-12-18-34(19-13-29)48-25-31-23-33(43-22-6-9-38(43)45)17-21-35(31)27-10-15-32(42)16-11-27/h10-21,23-24,26,28H,3-9,22,25H2,1-2H3,(H,46,47). The molecule has 0 radical (unpaired) electrons. The summed E-state index contributed by atoms with van der Waals surface area (Å²) in [6.45, 7) is 5.40. The topological polar surface area (TPSA) is 71.8 Å². The Morgan fingerprint density at radius 3 is 2.29 bits per heavy atom. The summed E-state index contributed by atoms with van der Waals surface area (Å²) >= 11 is 6.19. The van der Waals surface area contributed by atoms with Crippen LogP contribution >= 0.6 is 11.6 Å². The fourth-order valence-corrected chi connectivity index (χ4v) is 7.80. The third-order valence-corrected chi connectivity index (χ3v) is 10.2. The largest absolute Gasteiger partial charge is 0.489 e. The second-order valence-electron chi connectivity index (χ2n) is 13.4. The van der Waals surface area contributed by atoms with Gasteiger partial charge in [0.25, 0.3) is 0 Å². The van der Waals surface area contributed by atoms with E-state index in [9.17, 15) is 14.7 Å². The third-order valence-electron chi connectivity index (χ3n) is 9.97. The number of carboxylic acids is 1. The summed E-state index contributed by atoms with van der Waals surface area (Å²) in [5.74, 6) is 0.432. The number of hydrogen-bond acceptors (Lipinski definition) is 3. The van der Waals surface area contributed by atoms with Crippen LogP contribution in [0.3, 0.4) is 0 Å². The zero-order valence-corrected chi connectivity index (χ0v) is 28.3. The summed E-state index contributed by atoms with van der Waals surface area (Å²) < 4.78 is 8.76. The zero-order chi connectivity index (χ0) is 33.4. The maximum Gasteiger partial charge on any atom is 0.335 e. The van der Waals surface area contributed by atoms with Crippen molar-refractivity contribution in [3.05, 3.63) is 107 Å². The average Bonchev–Trinajstić information content (AvgIpc) is 3.69. The van der Waals surface area contributed by atoms with Crippen LogP contribution in [0.2, 0.25) is 5.02 Å². The number of carboxylic acid groups (broad SMARTS) is 1. The van der Waals surface area contributed by atoms with Gasteiger partial charge in [0.2, 0.25) is 5.91 Å². The second kappa shape index (κ2) is 13.5. The molecular weight excluding hydrogens is 620 g/mol. The van der Waals surface area contributed by atoms with Gasteiger partial charge in [-0.1, -0.05) is 55.1 Å². The number of hydrogen-bond donors (Lipinski definition) is 1. The molecule has 0 unspecified atom stereocenters. The Kier molecular flexibility index (Phi) is 9.02. The molecule has 246 valence electrons. The fourth-order valence-electron chi connectivity index (χ4n) is 7.67. The van der Waals surface area contributed by atoms with E-state index in [1.165, 1.54) is 30.5 Å². The van der Waals surface area contributed by atoms with Gasteiger partial charge in [0.05, 0.1) is 11.3 Å². The van der Waals surface area contributed by atoms with Crippen LogP contribution in [0.15, 0.2) is 84.9 Å². The van der Waals surface area contributed by atoms with Crippen LogP contribution in [0.5, 0.6) is 5.75 Å². The van der Waals surface area contributed by atoms with Gasteiger partial charge >= 0.3 is 5.97 Å². The number of benzene rings is 4. The van der Waals surface area contributed by atoms with E-state index in [4.69, 9.17) is 16.3 Å². The lowest BCUT2D eigenvalue weighted by atomic mass is 9.81. The van der Waals surface area contributed by atoms with Crippen molar-refractivity contribution in [3.8, 4) is 28.1 Å². The number of halogens is 1. The van der Waals surface area contributed by atoms with Crippen molar-refractivity contribution in [1.29, 1.82) is 0 Å². The minimum absolute atomic E-state index is 0.140. The van der Waals surface area contributed by atoms with E-state index < -0.39 is 5.97 Å². The third kappa shape index (κ3) is 6.22. The molecule has 0 atom stereocenters. The fraction of sp³-hybridized carbons (Fsp3) is 0.317. The SMILES string of the molecule is CC(C)n1c(-c2ccc(OCc3cc(N4CCCC4=O)ccc3-c3ccc(Cl)cc3)cc2)c(C2CCCCC2)c2ccc(C(=O)O)cc21. The Bertz CT molecular complexity index is 1970. The van der Waals surface area contributed by atoms with Crippen molar-refractivity contribution < 1.29 is 19.4 Å². The molecule has 1 saturated carbocycles. The van der Waals surface area contributed by atoms with Gasteiger partial charge in [-0.05, 0) is 128 Å². The minimum Gasteiger partial charge on any atom is -0.489 e. The van der Waals surface area contributed by atoms with Crippen molar-refractivity contribution in [1.82, 2.24) is 4.57 Å². The van der Waals surface area contributed by atoms with Crippen LogP contribution in [-0.2, 0) is 11.4 Å². The molecular formula is C41H41ClN2O4. The Hall–Kier alpha value is -4.55. The number of aromatic carboxylic acids is 1. The van der Waals surface area contributed by atoms with Crippen LogP contribution in [0.4, 0.5) is 5.69 Å². The van der Waals surface area contributed by atoms with Gasteiger partial charge in [0.15, 0.2) is 0 Å². The normalized spacial score (nSPS) is 15.5. The van der Waals surface area contributed by atoms with Gasteiger partial charge in [0.1, 0.15) is 12.4 Å². The number of carbonyl (C=O) groups is 2. The lowest BCUT2D eigenvalue weighted by Gasteiger charge is -2.24. The second-order valence-corrected chi connectivity index (χ2v) is 13.8. The highest BCUT2D eigenvalue weighted by Crippen LogP contribution is 2.46. The highest BCUT2D eigenvalue weighted by molar-refractivity contribution is 6.30. The number of anilines is 1. The monoisotopic (exact) mass is 660 g/mol. The van der Waals surface area contributed by atoms with Crippen molar-refractivity contribution >= 4 is 40.1 Å². The van der Waals surface area contributed by atoms with Crippen LogP contribution in [0.25, 0.3) is 33.3 Å². The first-order valence-electron chi connectivity index (χ1n) is 17.1. The Morgan fingerprint density at radius 1 is 0.896 bits per heavy atom. The Balaban J connectivity index is 1.24. The summed E-state index contributed by atoms with van der Waals surface area (Å²) in [4.78, 5) is 26.4. The lowest BCUT2D eigenvalue weighted by Crippen LogP contribution is -2.23. The van der Waals surface area contributed by atoms with E-state index in [1.54, 1.807) is 6.07 Å². The summed E-state index contributed by atoms with van der Waals surface area (Å²) in [7, 11) is 0. The first-order valence-corrected chi connectivity index (χ1v) is 17.5. The van der Waals surface area contributed by atoms with Crippen molar-refractivity contribution in [2.45, 2.75) is 77.4 Å². The number of aromatic nitrogens is 1. The Labute approximate surface area is 286 Å². The van der Waals surface area contributed by atoms with E-state index in [1.807, 2.05) is 59.5 Å². The van der Waals surface area contributed by atoms with Gasteiger partial charge < -0.3 is 19.3 Å². The molecule has 7 rings (SSSR count). The van der Waals surface area contributed by atoms with Crippen molar-refractivity contribution in [2.75, 3.05) is 11.4 Å². The molecule has 48 heavy (non-hydrogen) atoms. The van der Waals surface area contributed by atoms with Crippen LogP contribution in [0.1, 0.15) is 92.2 Å². The first-order chi connectivity index (χ1) is 23.3. The zero-order valence-electron chi connectivity index (χ0n) is 27.5. The number of amides is 1. The maximum atomic E-state index is 12.6. The molecule has 1 aliphatic heterocycles. The van der Waals surface area contributed by atoms with Crippen molar-refractivity contribution in [2.24, 2.45) is 0 Å². The van der Waals surface area contributed by atoms with Gasteiger partial charge in [0, 0.05) is 40.6 Å². The van der Waals surface area contributed by atoms with E-state index in [-0.39, 0.29) is 11.9 Å². The molecule has 1 N–H and O–H groups in total. The number of carbonyl (C=O) groups excluding carboxylic acids is 1.